The summed E-state index contributed by atoms with van der Waals surface area (Å²) in [6.07, 6.45) is 0. The van der Waals surface area contributed by atoms with Crippen LogP contribution in [0.5, 0.6) is 0 Å². The molecule has 0 unspecified atom stereocenters. The fraction of sp³-hybridized carbons (Fsp3) is 0.316. The van der Waals surface area contributed by atoms with Crippen LogP contribution >= 0.6 is 0 Å². The summed E-state index contributed by atoms with van der Waals surface area (Å²) < 4.78 is 18.2. The van der Waals surface area contributed by atoms with Crippen LogP contribution < -0.4 is 15.1 Å². The molecule has 0 amide bonds. The van der Waals surface area contributed by atoms with Gasteiger partial charge in [0.15, 0.2) is 5.82 Å². The third-order valence-corrected chi connectivity index (χ3v) is 4.48. The number of rotatable bonds is 4. The molecular formula is C19H21FN6O. The fourth-order valence-corrected chi connectivity index (χ4v) is 3.13. The van der Waals surface area contributed by atoms with Crippen molar-refractivity contribution in [2.45, 2.75) is 13.8 Å². The predicted octanol–water partition coefficient (Wildman–Crippen LogP) is 3.29. The Morgan fingerprint density at radius 3 is 2.30 bits per heavy atom. The first-order valence-corrected chi connectivity index (χ1v) is 8.88. The summed E-state index contributed by atoms with van der Waals surface area (Å²) in [5, 5.41) is 7.10. The quantitative estimate of drug-likeness (QED) is 0.758. The molecule has 0 saturated carbocycles. The van der Waals surface area contributed by atoms with Crippen LogP contribution in [0, 0.1) is 19.7 Å². The van der Waals surface area contributed by atoms with Crippen LogP contribution in [0.4, 0.5) is 27.7 Å². The minimum atomic E-state index is -0.215. The first-order valence-electron chi connectivity index (χ1n) is 8.88. The van der Waals surface area contributed by atoms with E-state index in [9.17, 15) is 4.39 Å². The van der Waals surface area contributed by atoms with Gasteiger partial charge in [0.1, 0.15) is 17.4 Å². The highest BCUT2D eigenvalue weighted by Crippen LogP contribution is 2.21. The van der Waals surface area contributed by atoms with Crippen molar-refractivity contribution in [3.05, 3.63) is 53.7 Å². The lowest BCUT2D eigenvalue weighted by Gasteiger charge is -2.36. The van der Waals surface area contributed by atoms with Crippen LogP contribution in [0.15, 0.2) is 40.9 Å². The van der Waals surface area contributed by atoms with E-state index in [2.05, 4.69) is 30.2 Å². The van der Waals surface area contributed by atoms with Crippen molar-refractivity contribution < 1.29 is 8.91 Å². The summed E-state index contributed by atoms with van der Waals surface area (Å²) in [4.78, 5) is 13.6. The first kappa shape index (κ1) is 17.3. The maximum absolute atomic E-state index is 13.1. The molecule has 0 aliphatic carbocycles. The summed E-state index contributed by atoms with van der Waals surface area (Å²) in [7, 11) is 0. The van der Waals surface area contributed by atoms with Crippen LogP contribution in [0.2, 0.25) is 0 Å². The number of benzene rings is 1. The molecule has 7 nitrogen and oxygen atoms in total. The summed E-state index contributed by atoms with van der Waals surface area (Å²) in [5.41, 5.74) is 1.91. The lowest BCUT2D eigenvalue weighted by Crippen LogP contribution is -2.47. The van der Waals surface area contributed by atoms with Gasteiger partial charge in [0.2, 0.25) is 5.95 Å². The van der Waals surface area contributed by atoms with Gasteiger partial charge in [-0.2, -0.15) is 4.98 Å². The predicted molar refractivity (Wildman–Crippen MR) is 102 cm³/mol. The fourth-order valence-electron chi connectivity index (χ4n) is 3.13. The molecule has 2 aromatic heterocycles. The summed E-state index contributed by atoms with van der Waals surface area (Å²) >= 11 is 0. The average molecular weight is 368 g/mol. The third-order valence-electron chi connectivity index (χ3n) is 4.48. The van der Waals surface area contributed by atoms with Gasteiger partial charge in [-0.25, -0.2) is 9.37 Å². The molecule has 1 fully saturated rings. The minimum Gasteiger partial charge on any atom is -0.368 e. The van der Waals surface area contributed by atoms with Crippen LogP contribution in [0.25, 0.3) is 0 Å². The molecule has 0 bridgehead atoms. The van der Waals surface area contributed by atoms with E-state index < -0.39 is 0 Å². The standard InChI is InChI=1S/C19H21FN6O/c1-13-11-17(22-18-12-14(2)27-24-18)23-19(21-13)26-9-7-25(8-10-26)16-5-3-15(20)4-6-16/h3-6,11-12H,7-10H2,1-2H3,(H,21,22,23,24). The second kappa shape index (κ2) is 7.22. The molecule has 8 heteroatoms. The summed E-state index contributed by atoms with van der Waals surface area (Å²) in [5.74, 6) is 2.52. The number of halogens is 1. The van der Waals surface area contributed by atoms with Gasteiger partial charge >= 0.3 is 0 Å². The summed E-state index contributed by atoms with van der Waals surface area (Å²) in [6.45, 7) is 7.03. The monoisotopic (exact) mass is 368 g/mol. The average Bonchev–Trinajstić information content (AvgIpc) is 3.07. The van der Waals surface area contributed by atoms with Gasteiger partial charge < -0.3 is 19.6 Å². The Kier molecular flexibility index (Phi) is 4.62. The molecule has 0 spiro atoms. The Morgan fingerprint density at radius 1 is 0.926 bits per heavy atom. The first-order chi connectivity index (χ1) is 13.1. The van der Waals surface area contributed by atoms with E-state index in [-0.39, 0.29) is 5.82 Å². The van der Waals surface area contributed by atoms with Gasteiger partial charge in [-0.1, -0.05) is 5.16 Å². The van der Waals surface area contributed by atoms with E-state index in [0.29, 0.717) is 17.6 Å². The van der Waals surface area contributed by atoms with Crippen molar-refractivity contribution in [3.8, 4) is 0 Å². The van der Waals surface area contributed by atoms with Gasteiger partial charge in [0.05, 0.1) is 0 Å². The Balaban J connectivity index is 1.45. The van der Waals surface area contributed by atoms with Gasteiger partial charge in [-0.05, 0) is 38.1 Å². The molecule has 1 N–H and O–H groups in total. The Hall–Kier alpha value is -3.16. The van der Waals surface area contributed by atoms with Crippen LogP contribution in [0.1, 0.15) is 11.5 Å². The van der Waals surface area contributed by atoms with Gasteiger partial charge in [0.25, 0.3) is 0 Å². The zero-order chi connectivity index (χ0) is 18.8. The Labute approximate surface area is 156 Å². The highest BCUT2D eigenvalue weighted by atomic mass is 19.1. The molecule has 1 aliphatic rings. The SMILES string of the molecule is Cc1cc(Nc2cc(C)on2)nc(N2CCN(c3ccc(F)cc3)CC2)n1. The molecule has 0 atom stereocenters. The van der Waals surface area contributed by atoms with E-state index in [1.165, 1.54) is 12.1 Å². The molecular weight excluding hydrogens is 347 g/mol. The number of hydrogen-bond donors (Lipinski definition) is 1. The van der Waals surface area contributed by atoms with Gasteiger partial charge in [0, 0.05) is 49.7 Å². The van der Waals surface area contributed by atoms with Crippen LogP contribution in [0.3, 0.4) is 0 Å². The molecule has 1 aromatic carbocycles. The number of piperazine rings is 1. The molecule has 140 valence electrons. The van der Waals surface area contributed by atoms with Crippen molar-refractivity contribution >= 4 is 23.3 Å². The lowest BCUT2D eigenvalue weighted by molar-refractivity contribution is 0.400. The van der Waals surface area contributed by atoms with Crippen LogP contribution in [-0.2, 0) is 0 Å². The Morgan fingerprint density at radius 2 is 1.63 bits per heavy atom. The second-order valence-electron chi connectivity index (χ2n) is 6.59. The molecule has 1 aliphatic heterocycles. The molecule has 0 radical (unpaired) electrons. The molecule has 3 aromatic rings. The van der Waals surface area contributed by atoms with Crippen molar-refractivity contribution in [2.24, 2.45) is 0 Å². The largest absolute Gasteiger partial charge is 0.368 e. The van der Waals surface area contributed by atoms with Crippen molar-refractivity contribution in [1.29, 1.82) is 0 Å². The maximum Gasteiger partial charge on any atom is 0.227 e. The van der Waals surface area contributed by atoms with Crippen molar-refractivity contribution in [1.82, 2.24) is 15.1 Å². The second-order valence-corrected chi connectivity index (χ2v) is 6.59. The number of aryl methyl sites for hydroxylation is 2. The highest BCUT2D eigenvalue weighted by molar-refractivity contribution is 5.54. The normalized spacial score (nSPS) is 14.5. The molecule has 27 heavy (non-hydrogen) atoms. The summed E-state index contributed by atoms with van der Waals surface area (Å²) in [6, 6.07) is 10.3. The molecule has 1 saturated heterocycles. The number of nitrogens with zero attached hydrogens (tertiary/aromatic N) is 5. The zero-order valence-corrected chi connectivity index (χ0v) is 15.3. The van der Waals surface area contributed by atoms with Gasteiger partial charge in [-0.3, -0.25) is 0 Å². The van der Waals surface area contributed by atoms with E-state index in [1.807, 2.05) is 38.1 Å². The van der Waals surface area contributed by atoms with Crippen molar-refractivity contribution in [2.75, 3.05) is 41.3 Å². The van der Waals surface area contributed by atoms with E-state index in [4.69, 9.17) is 4.52 Å². The lowest BCUT2D eigenvalue weighted by atomic mass is 10.2. The number of aromatic nitrogens is 3. The van der Waals surface area contributed by atoms with E-state index >= 15 is 0 Å². The third kappa shape index (κ3) is 3.99. The maximum atomic E-state index is 13.1. The minimum absolute atomic E-state index is 0.215. The smallest absolute Gasteiger partial charge is 0.227 e. The van der Waals surface area contributed by atoms with E-state index in [0.717, 1.165) is 43.3 Å². The molecule has 4 rings (SSSR count). The van der Waals surface area contributed by atoms with Gasteiger partial charge in [-0.15, -0.1) is 0 Å². The van der Waals surface area contributed by atoms with Crippen molar-refractivity contribution in [3.63, 3.8) is 0 Å². The van der Waals surface area contributed by atoms with Crippen LogP contribution in [-0.4, -0.2) is 41.3 Å². The highest BCUT2D eigenvalue weighted by Gasteiger charge is 2.20. The molecule has 3 heterocycles. The number of nitrogens with one attached hydrogen (secondary N) is 1. The topological polar surface area (TPSA) is 70.3 Å². The zero-order valence-electron chi connectivity index (χ0n) is 15.3. The van der Waals surface area contributed by atoms with E-state index in [1.54, 1.807) is 0 Å². The number of hydrogen-bond acceptors (Lipinski definition) is 7. The Bertz CT molecular complexity index is 918. The number of anilines is 4.